The number of benzene rings is 2. The molecule has 1 fully saturated rings. The Morgan fingerprint density at radius 3 is 2.94 bits per heavy atom. The maximum Gasteiger partial charge on any atom is 0.237 e. The molecule has 0 saturated carbocycles. The Morgan fingerprint density at radius 1 is 1.29 bits per heavy atom. The van der Waals surface area contributed by atoms with Crippen molar-refractivity contribution in [2.75, 3.05) is 19.6 Å². The number of halogens is 1. The number of imidazole rings is 1. The number of amides is 2. The Balaban J connectivity index is 1.33. The fraction of sp³-hybridized carbons (Fsp3) is 0.348. The van der Waals surface area contributed by atoms with Gasteiger partial charge in [0.1, 0.15) is 11.6 Å². The minimum Gasteiger partial charge on any atom is -0.356 e. The number of fused-ring (bicyclic) bond motifs is 1. The molecule has 162 valence electrons. The van der Waals surface area contributed by atoms with Crippen molar-refractivity contribution < 1.29 is 14.0 Å². The maximum atomic E-state index is 13.5. The first-order valence-corrected chi connectivity index (χ1v) is 10.5. The molecule has 2 amide bonds. The van der Waals surface area contributed by atoms with Crippen LogP contribution in [-0.2, 0) is 22.6 Å². The summed E-state index contributed by atoms with van der Waals surface area (Å²) in [6, 6.07) is 11.7. The molecule has 3 aromatic rings. The molecule has 1 aliphatic heterocycles. The van der Waals surface area contributed by atoms with Crippen molar-refractivity contribution in [2.45, 2.75) is 32.4 Å². The molecule has 2 aromatic carbocycles. The van der Waals surface area contributed by atoms with Crippen LogP contribution >= 0.6 is 0 Å². The van der Waals surface area contributed by atoms with Gasteiger partial charge in [0.05, 0.1) is 23.5 Å². The van der Waals surface area contributed by atoms with Crippen LogP contribution in [-0.4, -0.2) is 52.4 Å². The second kappa shape index (κ2) is 9.26. The second-order valence-electron chi connectivity index (χ2n) is 7.87. The number of aromatic amines is 1. The first-order chi connectivity index (χ1) is 15.0. The zero-order chi connectivity index (χ0) is 21.8. The fourth-order valence-corrected chi connectivity index (χ4v) is 3.96. The standard InChI is InChI=1S/C23H26FN5O2/c1-15-4-2-7-18-22(15)28-20(27-18)8-9-25-21(30)13-19-23(31)26-10-11-29(19)14-16-5-3-6-17(24)12-16/h2-7,12,19H,8-11,13-14H2,1H3,(H,25,30)(H,26,31)(H,27,28)/t19-/m0/s1. The Labute approximate surface area is 180 Å². The molecule has 0 aliphatic carbocycles. The van der Waals surface area contributed by atoms with E-state index in [9.17, 15) is 14.0 Å². The lowest BCUT2D eigenvalue weighted by atomic mass is 10.1. The highest BCUT2D eigenvalue weighted by atomic mass is 19.1. The van der Waals surface area contributed by atoms with Gasteiger partial charge in [0.2, 0.25) is 11.8 Å². The zero-order valence-electron chi connectivity index (χ0n) is 17.5. The van der Waals surface area contributed by atoms with E-state index in [-0.39, 0.29) is 24.1 Å². The van der Waals surface area contributed by atoms with Crippen molar-refractivity contribution in [1.29, 1.82) is 0 Å². The van der Waals surface area contributed by atoms with E-state index in [1.165, 1.54) is 12.1 Å². The summed E-state index contributed by atoms with van der Waals surface area (Å²) < 4.78 is 13.5. The summed E-state index contributed by atoms with van der Waals surface area (Å²) in [4.78, 5) is 34.7. The average Bonchev–Trinajstić information content (AvgIpc) is 3.15. The molecule has 3 N–H and O–H groups in total. The maximum absolute atomic E-state index is 13.5. The first-order valence-electron chi connectivity index (χ1n) is 10.5. The molecule has 7 nitrogen and oxygen atoms in total. The van der Waals surface area contributed by atoms with Gasteiger partial charge in [-0.05, 0) is 36.2 Å². The van der Waals surface area contributed by atoms with Gasteiger partial charge in [0.15, 0.2) is 0 Å². The van der Waals surface area contributed by atoms with Gasteiger partial charge in [-0.3, -0.25) is 14.5 Å². The topological polar surface area (TPSA) is 90.1 Å². The van der Waals surface area contributed by atoms with Crippen molar-refractivity contribution >= 4 is 22.8 Å². The number of aryl methyl sites for hydroxylation is 1. The molecule has 0 unspecified atom stereocenters. The largest absolute Gasteiger partial charge is 0.356 e. The summed E-state index contributed by atoms with van der Waals surface area (Å²) in [7, 11) is 0. The number of rotatable bonds is 7. The van der Waals surface area contributed by atoms with E-state index >= 15 is 0 Å². The van der Waals surface area contributed by atoms with Gasteiger partial charge in [-0.2, -0.15) is 0 Å². The summed E-state index contributed by atoms with van der Waals surface area (Å²) in [5.74, 6) is 0.130. The van der Waals surface area contributed by atoms with Gasteiger partial charge in [-0.25, -0.2) is 9.37 Å². The van der Waals surface area contributed by atoms with Gasteiger partial charge in [-0.15, -0.1) is 0 Å². The van der Waals surface area contributed by atoms with Crippen molar-refractivity contribution in [3.05, 3.63) is 65.2 Å². The Kier molecular flexibility index (Phi) is 6.27. The number of nitrogens with zero attached hydrogens (tertiary/aromatic N) is 2. The normalized spacial score (nSPS) is 17.0. The number of nitrogens with one attached hydrogen (secondary N) is 3. The third-order valence-electron chi connectivity index (χ3n) is 5.54. The van der Waals surface area contributed by atoms with Crippen LogP contribution in [0.3, 0.4) is 0 Å². The number of carbonyl (C=O) groups excluding carboxylic acids is 2. The van der Waals surface area contributed by atoms with Crippen molar-refractivity contribution in [2.24, 2.45) is 0 Å². The predicted octanol–water partition coefficient (Wildman–Crippen LogP) is 2.06. The molecule has 0 spiro atoms. The van der Waals surface area contributed by atoms with Crippen molar-refractivity contribution in [3.63, 3.8) is 0 Å². The number of hydrogen-bond acceptors (Lipinski definition) is 4. The minimum absolute atomic E-state index is 0.0559. The van der Waals surface area contributed by atoms with Crippen LogP contribution in [0.25, 0.3) is 11.0 Å². The van der Waals surface area contributed by atoms with Crippen LogP contribution in [0, 0.1) is 12.7 Å². The molecule has 1 aliphatic rings. The zero-order valence-corrected chi connectivity index (χ0v) is 17.5. The monoisotopic (exact) mass is 423 g/mol. The Bertz CT molecular complexity index is 1100. The smallest absolute Gasteiger partial charge is 0.237 e. The molecule has 1 atom stereocenters. The third kappa shape index (κ3) is 5.08. The molecule has 1 saturated heterocycles. The quantitative estimate of drug-likeness (QED) is 0.543. The molecule has 8 heteroatoms. The number of para-hydroxylation sites is 1. The molecule has 2 heterocycles. The predicted molar refractivity (Wildman–Crippen MR) is 116 cm³/mol. The summed E-state index contributed by atoms with van der Waals surface area (Å²) in [6.07, 6.45) is 0.629. The highest BCUT2D eigenvalue weighted by Crippen LogP contribution is 2.16. The molecule has 4 rings (SSSR count). The van der Waals surface area contributed by atoms with Crippen LogP contribution in [0.15, 0.2) is 42.5 Å². The summed E-state index contributed by atoms with van der Waals surface area (Å²) >= 11 is 0. The van der Waals surface area contributed by atoms with Gasteiger partial charge in [0.25, 0.3) is 0 Å². The number of hydrogen-bond donors (Lipinski definition) is 3. The van der Waals surface area contributed by atoms with E-state index in [1.807, 2.05) is 36.1 Å². The van der Waals surface area contributed by atoms with E-state index in [0.717, 1.165) is 28.0 Å². The van der Waals surface area contributed by atoms with Crippen LogP contribution in [0.2, 0.25) is 0 Å². The average molecular weight is 423 g/mol. The molecular weight excluding hydrogens is 397 g/mol. The molecule has 31 heavy (non-hydrogen) atoms. The molecule has 0 radical (unpaired) electrons. The molecular formula is C23H26FN5O2. The number of piperazine rings is 1. The molecule has 0 bridgehead atoms. The third-order valence-corrected chi connectivity index (χ3v) is 5.54. The SMILES string of the molecule is Cc1cccc2[nH]c(CCNC(=O)C[C@H]3C(=O)NCCN3Cc3cccc(F)c3)nc12. The van der Waals surface area contributed by atoms with Gasteiger partial charge in [-0.1, -0.05) is 24.3 Å². The second-order valence-corrected chi connectivity index (χ2v) is 7.87. The lowest BCUT2D eigenvalue weighted by molar-refractivity contribution is -0.134. The first kappa shape index (κ1) is 21.0. The summed E-state index contributed by atoms with van der Waals surface area (Å²) in [5, 5.41) is 5.70. The van der Waals surface area contributed by atoms with E-state index in [4.69, 9.17) is 0 Å². The van der Waals surface area contributed by atoms with Gasteiger partial charge in [0, 0.05) is 32.6 Å². The van der Waals surface area contributed by atoms with Crippen molar-refractivity contribution in [3.8, 4) is 0 Å². The van der Waals surface area contributed by atoms with Crippen LogP contribution < -0.4 is 10.6 Å². The lowest BCUT2D eigenvalue weighted by Gasteiger charge is -2.34. The highest BCUT2D eigenvalue weighted by molar-refractivity contribution is 5.88. The summed E-state index contributed by atoms with van der Waals surface area (Å²) in [6.45, 7) is 3.98. The number of H-pyrrole nitrogens is 1. The van der Waals surface area contributed by atoms with Crippen LogP contribution in [0.5, 0.6) is 0 Å². The lowest BCUT2D eigenvalue weighted by Crippen LogP contribution is -2.56. The fourth-order valence-electron chi connectivity index (χ4n) is 3.96. The minimum atomic E-state index is -0.578. The van der Waals surface area contributed by atoms with Crippen LogP contribution in [0.1, 0.15) is 23.4 Å². The van der Waals surface area contributed by atoms with E-state index in [0.29, 0.717) is 32.6 Å². The highest BCUT2D eigenvalue weighted by Gasteiger charge is 2.31. The molecule has 1 aromatic heterocycles. The van der Waals surface area contributed by atoms with E-state index in [1.54, 1.807) is 6.07 Å². The summed E-state index contributed by atoms with van der Waals surface area (Å²) in [5.41, 5.74) is 3.80. The van der Waals surface area contributed by atoms with Crippen LogP contribution in [0.4, 0.5) is 4.39 Å². The number of carbonyl (C=O) groups is 2. The van der Waals surface area contributed by atoms with Gasteiger partial charge >= 0.3 is 0 Å². The number of aromatic nitrogens is 2. The van der Waals surface area contributed by atoms with E-state index < -0.39 is 6.04 Å². The Hall–Kier alpha value is -3.26. The van der Waals surface area contributed by atoms with Crippen molar-refractivity contribution in [1.82, 2.24) is 25.5 Å². The Morgan fingerprint density at radius 2 is 2.13 bits per heavy atom. The van der Waals surface area contributed by atoms with Gasteiger partial charge < -0.3 is 15.6 Å². The van der Waals surface area contributed by atoms with E-state index in [2.05, 4.69) is 20.6 Å².